The number of alkyl halides is 1. The van der Waals surface area contributed by atoms with Crippen LogP contribution in [-0.2, 0) is 16.0 Å². The number of carbonyl (C=O) groups is 1. The van der Waals surface area contributed by atoms with Gasteiger partial charge in [0, 0.05) is 10.3 Å². The molecule has 0 unspecified atom stereocenters. The fraction of sp³-hybridized carbons (Fsp3) is 0.462. The van der Waals surface area contributed by atoms with Crippen molar-refractivity contribution in [1.82, 2.24) is 0 Å². The molecule has 1 saturated heterocycles. The molecule has 0 saturated carbocycles. The number of ether oxygens (including phenoxy) is 1. The minimum absolute atomic E-state index is 0.0330. The lowest BCUT2D eigenvalue weighted by molar-refractivity contribution is -0.153. The number of phenols is 1. The van der Waals surface area contributed by atoms with Gasteiger partial charge in [-0.2, -0.15) is 0 Å². The summed E-state index contributed by atoms with van der Waals surface area (Å²) in [6.07, 6.45) is 3.22. The smallest absolute Gasteiger partial charge is 0.306 e. The number of hydrogen-bond acceptors (Lipinski definition) is 3. The number of aryl methyl sites for hydroxylation is 1. The van der Waals surface area contributed by atoms with Crippen LogP contribution in [0.3, 0.4) is 0 Å². The first-order chi connectivity index (χ1) is 8.15. The Balaban J connectivity index is 1.88. The third kappa shape index (κ3) is 3.59. The number of phenolic OH excluding ortho intramolecular Hbond substituents is 1. The summed E-state index contributed by atoms with van der Waals surface area (Å²) >= 11 is 2.36. The zero-order valence-corrected chi connectivity index (χ0v) is 11.6. The summed E-state index contributed by atoms with van der Waals surface area (Å²) in [4.78, 5) is 11.2. The molecule has 2 rings (SSSR count). The second-order valence-corrected chi connectivity index (χ2v) is 5.89. The van der Waals surface area contributed by atoms with Gasteiger partial charge in [-0.05, 0) is 37.0 Å². The van der Waals surface area contributed by atoms with Crippen molar-refractivity contribution in [1.29, 1.82) is 0 Å². The van der Waals surface area contributed by atoms with Crippen molar-refractivity contribution >= 4 is 28.6 Å². The molecule has 1 fully saturated rings. The van der Waals surface area contributed by atoms with Gasteiger partial charge in [-0.15, -0.1) is 0 Å². The van der Waals surface area contributed by atoms with Gasteiger partial charge in [-0.1, -0.05) is 34.7 Å². The van der Waals surface area contributed by atoms with E-state index in [0.717, 1.165) is 24.8 Å². The lowest BCUT2D eigenvalue weighted by Crippen LogP contribution is -2.33. The van der Waals surface area contributed by atoms with Crippen molar-refractivity contribution in [2.24, 2.45) is 0 Å². The highest BCUT2D eigenvalue weighted by molar-refractivity contribution is 14.1. The largest absolute Gasteiger partial charge is 0.508 e. The van der Waals surface area contributed by atoms with Crippen LogP contribution in [-0.4, -0.2) is 21.1 Å². The molecular weight excluding hydrogens is 331 g/mol. The van der Waals surface area contributed by atoms with E-state index in [0.29, 0.717) is 10.3 Å². The molecule has 1 aromatic carbocycles. The Labute approximate surface area is 114 Å². The summed E-state index contributed by atoms with van der Waals surface area (Å²) in [5, 5.41) is 9.18. The molecule has 0 radical (unpaired) electrons. The van der Waals surface area contributed by atoms with E-state index in [1.807, 2.05) is 12.1 Å². The average molecular weight is 346 g/mol. The Morgan fingerprint density at radius 2 is 2.06 bits per heavy atom. The second-order valence-electron chi connectivity index (χ2n) is 4.29. The molecule has 2 atom stereocenters. The molecule has 17 heavy (non-hydrogen) atoms. The van der Waals surface area contributed by atoms with E-state index in [4.69, 9.17) is 4.74 Å². The Hall–Kier alpha value is -0.780. The van der Waals surface area contributed by atoms with Crippen LogP contribution in [0.2, 0.25) is 0 Å². The highest BCUT2D eigenvalue weighted by Crippen LogP contribution is 2.26. The van der Waals surface area contributed by atoms with Crippen LogP contribution >= 0.6 is 22.6 Å². The molecule has 0 aromatic heterocycles. The Kier molecular flexibility index (Phi) is 4.25. The number of benzene rings is 1. The summed E-state index contributed by atoms with van der Waals surface area (Å²) in [6, 6.07) is 7.18. The van der Waals surface area contributed by atoms with Crippen molar-refractivity contribution in [3.8, 4) is 5.75 Å². The van der Waals surface area contributed by atoms with Crippen molar-refractivity contribution in [3.05, 3.63) is 29.8 Å². The number of cyclic esters (lactones) is 1. The van der Waals surface area contributed by atoms with Gasteiger partial charge < -0.3 is 9.84 Å². The predicted octanol–water partition coefficient (Wildman–Crippen LogP) is 2.83. The maximum atomic E-state index is 11.2. The lowest BCUT2D eigenvalue weighted by Gasteiger charge is -2.27. The molecule has 0 spiro atoms. The SMILES string of the molecule is O=C1CC[C@H](I)[C@@H](CCc2ccc(O)cc2)O1. The number of carbonyl (C=O) groups excluding carboxylic acids is 1. The molecule has 4 heteroatoms. The van der Waals surface area contributed by atoms with Crippen LogP contribution in [0, 0.1) is 0 Å². The minimum Gasteiger partial charge on any atom is -0.508 e. The number of aromatic hydroxyl groups is 1. The number of hydrogen-bond donors (Lipinski definition) is 1. The van der Waals surface area contributed by atoms with Gasteiger partial charge in [0.1, 0.15) is 11.9 Å². The maximum absolute atomic E-state index is 11.2. The first-order valence-corrected chi connectivity index (χ1v) is 7.01. The quantitative estimate of drug-likeness (QED) is 0.520. The van der Waals surface area contributed by atoms with Gasteiger partial charge in [0.15, 0.2) is 0 Å². The van der Waals surface area contributed by atoms with Gasteiger partial charge in [0.25, 0.3) is 0 Å². The zero-order valence-electron chi connectivity index (χ0n) is 9.43. The summed E-state index contributed by atoms with van der Waals surface area (Å²) < 4.78 is 5.77. The average Bonchev–Trinajstić information content (AvgIpc) is 2.32. The normalized spacial score (nSPS) is 24.4. The highest BCUT2D eigenvalue weighted by atomic mass is 127. The summed E-state index contributed by atoms with van der Waals surface area (Å²) in [5.41, 5.74) is 1.16. The van der Waals surface area contributed by atoms with E-state index >= 15 is 0 Å². The number of rotatable bonds is 3. The Morgan fingerprint density at radius 1 is 1.35 bits per heavy atom. The molecule has 1 aliphatic rings. The van der Waals surface area contributed by atoms with Gasteiger partial charge in [0.05, 0.1) is 0 Å². The number of halogens is 1. The fourth-order valence-electron chi connectivity index (χ4n) is 1.95. The van der Waals surface area contributed by atoms with Crippen LogP contribution in [0.4, 0.5) is 0 Å². The summed E-state index contributed by atoms with van der Waals surface area (Å²) in [7, 11) is 0. The van der Waals surface area contributed by atoms with Gasteiger partial charge in [-0.3, -0.25) is 4.79 Å². The van der Waals surface area contributed by atoms with Crippen molar-refractivity contribution < 1.29 is 14.6 Å². The fourth-order valence-corrected chi connectivity index (χ4v) is 2.77. The number of esters is 1. The van der Waals surface area contributed by atoms with Crippen LogP contribution in [0.1, 0.15) is 24.8 Å². The molecular formula is C13H15IO3. The van der Waals surface area contributed by atoms with Crippen molar-refractivity contribution in [2.75, 3.05) is 0 Å². The minimum atomic E-state index is -0.0753. The van der Waals surface area contributed by atoms with E-state index in [1.165, 1.54) is 0 Å². The topological polar surface area (TPSA) is 46.5 Å². The lowest BCUT2D eigenvalue weighted by atomic mass is 10.0. The van der Waals surface area contributed by atoms with E-state index in [2.05, 4.69) is 22.6 Å². The Bertz CT molecular complexity index is 388. The van der Waals surface area contributed by atoms with Crippen LogP contribution in [0.15, 0.2) is 24.3 Å². The Morgan fingerprint density at radius 3 is 2.76 bits per heavy atom. The predicted molar refractivity (Wildman–Crippen MR) is 73.3 cm³/mol. The zero-order chi connectivity index (χ0) is 12.3. The van der Waals surface area contributed by atoms with Crippen molar-refractivity contribution in [3.63, 3.8) is 0 Å². The molecule has 0 amide bonds. The molecule has 3 nitrogen and oxygen atoms in total. The molecule has 0 bridgehead atoms. The molecule has 92 valence electrons. The first kappa shape index (κ1) is 12.7. The van der Waals surface area contributed by atoms with Gasteiger partial charge in [-0.25, -0.2) is 0 Å². The highest BCUT2D eigenvalue weighted by Gasteiger charge is 2.28. The third-order valence-electron chi connectivity index (χ3n) is 2.96. The standard InChI is InChI=1S/C13H15IO3/c14-11-6-8-13(16)17-12(11)7-3-9-1-4-10(15)5-2-9/h1-2,4-5,11-12,15H,3,6-8H2/t11-,12+/m0/s1. The molecule has 1 heterocycles. The van der Waals surface area contributed by atoms with Gasteiger partial charge >= 0.3 is 5.97 Å². The van der Waals surface area contributed by atoms with Crippen molar-refractivity contribution in [2.45, 2.75) is 35.7 Å². The molecule has 1 aliphatic heterocycles. The molecule has 0 aliphatic carbocycles. The van der Waals surface area contributed by atoms with E-state index in [9.17, 15) is 9.90 Å². The first-order valence-electron chi connectivity index (χ1n) is 5.76. The van der Waals surface area contributed by atoms with Crippen LogP contribution in [0.5, 0.6) is 5.75 Å². The second kappa shape index (κ2) is 5.71. The van der Waals surface area contributed by atoms with Crippen LogP contribution < -0.4 is 0 Å². The molecule has 1 N–H and O–H groups in total. The molecule has 1 aromatic rings. The maximum Gasteiger partial charge on any atom is 0.306 e. The van der Waals surface area contributed by atoms with Crippen LogP contribution in [0.25, 0.3) is 0 Å². The summed E-state index contributed by atoms with van der Waals surface area (Å²) in [6.45, 7) is 0. The van der Waals surface area contributed by atoms with E-state index in [-0.39, 0.29) is 17.8 Å². The van der Waals surface area contributed by atoms with E-state index < -0.39 is 0 Å². The monoisotopic (exact) mass is 346 g/mol. The van der Waals surface area contributed by atoms with Gasteiger partial charge in [0.2, 0.25) is 0 Å². The van der Waals surface area contributed by atoms with E-state index in [1.54, 1.807) is 12.1 Å². The third-order valence-corrected chi connectivity index (χ3v) is 4.39. The summed E-state index contributed by atoms with van der Waals surface area (Å²) in [5.74, 6) is 0.207.